The van der Waals surface area contributed by atoms with Crippen LogP contribution in [0.2, 0.25) is 0 Å². The van der Waals surface area contributed by atoms with E-state index in [1.807, 2.05) is 32.0 Å². The summed E-state index contributed by atoms with van der Waals surface area (Å²) in [6.07, 6.45) is -0.517. The molecule has 2 rings (SSSR count). The maximum atomic E-state index is 10.2. The van der Waals surface area contributed by atoms with Crippen LogP contribution in [0.5, 0.6) is 0 Å². The van der Waals surface area contributed by atoms with Gasteiger partial charge < -0.3 is 10.8 Å². The normalized spacial score (nSPS) is 15.0. The van der Waals surface area contributed by atoms with Crippen molar-refractivity contribution in [1.82, 2.24) is 0 Å². The number of aryl methyl sites for hydroxylation is 1. The van der Waals surface area contributed by atoms with Crippen molar-refractivity contribution in [3.63, 3.8) is 0 Å². The quantitative estimate of drug-likeness (QED) is 0.869. The minimum Gasteiger partial charge on any atom is -0.391 e. The van der Waals surface area contributed by atoms with Crippen LogP contribution in [0.25, 0.3) is 10.8 Å². The Balaban J connectivity index is 2.55. The van der Waals surface area contributed by atoms with Crippen molar-refractivity contribution < 1.29 is 5.11 Å². The van der Waals surface area contributed by atoms with E-state index in [-0.39, 0.29) is 12.0 Å². The Morgan fingerprint density at radius 1 is 1.00 bits per heavy atom. The molecule has 18 heavy (non-hydrogen) atoms. The van der Waals surface area contributed by atoms with Gasteiger partial charge >= 0.3 is 0 Å². The number of fused-ring (bicyclic) bond motifs is 1. The van der Waals surface area contributed by atoms with Crippen molar-refractivity contribution >= 4 is 10.8 Å². The minimum atomic E-state index is -0.517. The Morgan fingerprint density at radius 2 is 1.61 bits per heavy atom. The first-order chi connectivity index (χ1) is 8.52. The summed E-state index contributed by atoms with van der Waals surface area (Å²) in [7, 11) is 0. The van der Waals surface area contributed by atoms with Crippen molar-refractivity contribution in [3.8, 4) is 0 Å². The molecule has 2 atom stereocenters. The van der Waals surface area contributed by atoms with Gasteiger partial charge in [-0.2, -0.15) is 0 Å². The fourth-order valence-corrected chi connectivity index (χ4v) is 2.36. The summed E-state index contributed by atoms with van der Waals surface area (Å²) in [5, 5.41) is 12.5. The topological polar surface area (TPSA) is 46.2 Å². The molecule has 0 aliphatic rings. The van der Waals surface area contributed by atoms with Crippen LogP contribution in [-0.4, -0.2) is 11.2 Å². The average molecular weight is 243 g/mol. The molecule has 3 N–H and O–H groups in total. The van der Waals surface area contributed by atoms with Crippen molar-refractivity contribution in [2.75, 3.05) is 0 Å². The lowest BCUT2D eigenvalue weighted by Gasteiger charge is -2.24. The predicted molar refractivity (Wildman–Crippen MR) is 76.5 cm³/mol. The third-order valence-electron chi connectivity index (χ3n) is 3.59. The SMILES string of the molecule is Cc1ccc([C@@H](N)[C@@H](O)C(C)C)c2ccccc12. The van der Waals surface area contributed by atoms with Gasteiger partial charge in [0.1, 0.15) is 0 Å². The van der Waals surface area contributed by atoms with E-state index in [9.17, 15) is 5.11 Å². The van der Waals surface area contributed by atoms with Crippen LogP contribution in [0.1, 0.15) is 31.0 Å². The standard InChI is InChI=1S/C16H21NO/c1-10(2)16(18)15(17)14-9-8-11(3)12-6-4-5-7-13(12)14/h4-10,15-16,18H,17H2,1-3H3/t15-,16+/m1/s1. The number of hydrogen-bond acceptors (Lipinski definition) is 2. The Bertz CT molecular complexity index is 548. The third-order valence-corrected chi connectivity index (χ3v) is 3.59. The fraction of sp³-hybridized carbons (Fsp3) is 0.375. The Labute approximate surface area is 108 Å². The summed E-state index contributed by atoms with van der Waals surface area (Å²) < 4.78 is 0. The maximum Gasteiger partial charge on any atom is 0.0755 e. The first kappa shape index (κ1) is 13.1. The number of hydrogen-bond donors (Lipinski definition) is 2. The van der Waals surface area contributed by atoms with Crippen molar-refractivity contribution in [3.05, 3.63) is 47.5 Å². The van der Waals surface area contributed by atoms with E-state index < -0.39 is 6.10 Å². The zero-order valence-electron chi connectivity index (χ0n) is 11.2. The smallest absolute Gasteiger partial charge is 0.0755 e. The molecule has 0 fully saturated rings. The minimum absolute atomic E-state index is 0.153. The van der Waals surface area contributed by atoms with E-state index in [0.29, 0.717) is 0 Å². The highest BCUT2D eigenvalue weighted by atomic mass is 16.3. The van der Waals surface area contributed by atoms with Gasteiger partial charge in [0.05, 0.1) is 12.1 Å². The lowest BCUT2D eigenvalue weighted by atomic mass is 9.90. The molecule has 2 aromatic rings. The van der Waals surface area contributed by atoms with E-state index >= 15 is 0 Å². The Hall–Kier alpha value is -1.38. The number of aliphatic hydroxyl groups excluding tert-OH is 1. The molecule has 96 valence electrons. The van der Waals surface area contributed by atoms with Crippen LogP contribution in [0.3, 0.4) is 0 Å². The second kappa shape index (κ2) is 5.09. The van der Waals surface area contributed by atoms with Gasteiger partial charge in [-0.05, 0) is 34.7 Å². The molecule has 2 heteroatoms. The van der Waals surface area contributed by atoms with Crippen LogP contribution < -0.4 is 5.73 Å². The lowest BCUT2D eigenvalue weighted by molar-refractivity contribution is 0.0984. The lowest BCUT2D eigenvalue weighted by Crippen LogP contribution is -2.30. The molecule has 0 bridgehead atoms. The van der Waals surface area contributed by atoms with Gasteiger partial charge in [-0.3, -0.25) is 0 Å². The first-order valence-electron chi connectivity index (χ1n) is 6.44. The fourth-order valence-electron chi connectivity index (χ4n) is 2.36. The van der Waals surface area contributed by atoms with Gasteiger partial charge in [0.15, 0.2) is 0 Å². The highest BCUT2D eigenvalue weighted by Gasteiger charge is 2.21. The van der Waals surface area contributed by atoms with Crippen molar-refractivity contribution in [1.29, 1.82) is 0 Å². The molecule has 0 unspecified atom stereocenters. The van der Waals surface area contributed by atoms with Gasteiger partial charge in [0, 0.05) is 0 Å². The molecule has 0 saturated heterocycles. The average Bonchev–Trinajstić information content (AvgIpc) is 2.38. The molecular formula is C16H21NO. The van der Waals surface area contributed by atoms with Crippen LogP contribution in [0.15, 0.2) is 36.4 Å². The molecule has 0 heterocycles. The maximum absolute atomic E-state index is 10.2. The van der Waals surface area contributed by atoms with Crippen LogP contribution in [-0.2, 0) is 0 Å². The van der Waals surface area contributed by atoms with E-state index in [0.717, 1.165) is 10.9 Å². The summed E-state index contributed by atoms with van der Waals surface area (Å²) in [5.41, 5.74) is 8.47. The van der Waals surface area contributed by atoms with E-state index in [4.69, 9.17) is 5.73 Å². The van der Waals surface area contributed by atoms with Gasteiger partial charge in [0.2, 0.25) is 0 Å². The molecular weight excluding hydrogens is 222 g/mol. The Morgan fingerprint density at radius 3 is 2.22 bits per heavy atom. The molecule has 0 aromatic heterocycles. The number of aliphatic hydroxyl groups is 1. The largest absolute Gasteiger partial charge is 0.391 e. The molecule has 0 saturated carbocycles. The van der Waals surface area contributed by atoms with Gasteiger partial charge in [-0.15, -0.1) is 0 Å². The summed E-state index contributed by atoms with van der Waals surface area (Å²) in [6.45, 7) is 6.07. The third kappa shape index (κ3) is 2.26. The molecule has 0 spiro atoms. The molecule has 2 nitrogen and oxygen atoms in total. The van der Waals surface area contributed by atoms with Gasteiger partial charge in [0.25, 0.3) is 0 Å². The van der Waals surface area contributed by atoms with Crippen LogP contribution >= 0.6 is 0 Å². The van der Waals surface area contributed by atoms with Crippen molar-refractivity contribution in [2.45, 2.75) is 32.9 Å². The van der Waals surface area contributed by atoms with Crippen LogP contribution in [0, 0.1) is 12.8 Å². The molecule has 0 radical (unpaired) electrons. The second-order valence-electron chi connectivity index (χ2n) is 5.28. The second-order valence-corrected chi connectivity index (χ2v) is 5.28. The van der Waals surface area contributed by atoms with E-state index in [1.165, 1.54) is 10.9 Å². The molecule has 0 amide bonds. The highest BCUT2D eigenvalue weighted by Crippen LogP contribution is 2.29. The van der Waals surface area contributed by atoms with Crippen LogP contribution in [0.4, 0.5) is 0 Å². The number of benzene rings is 2. The molecule has 0 aliphatic carbocycles. The Kier molecular flexibility index (Phi) is 3.69. The summed E-state index contributed by atoms with van der Waals surface area (Å²) in [4.78, 5) is 0. The predicted octanol–water partition coefficient (Wildman–Crippen LogP) is 3.16. The highest BCUT2D eigenvalue weighted by molar-refractivity contribution is 5.88. The zero-order chi connectivity index (χ0) is 13.3. The summed E-state index contributed by atoms with van der Waals surface area (Å²) in [6, 6.07) is 12.0. The van der Waals surface area contributed by atoms with E-state index in [1.54, 1.807) is 0 Å². The molecule has 2 aromatic carbocycles. The summed E-state index contributed by atoms with van der Waals surface area (Å²) >= 11 is 0. The van der Waals surface area contributed by atoms with Gasteiger partial charge in [-0.25, -0.2) is 0 Å². The summed E-state index contributed by atoms with van der Waals surface area (Å²) in [5.74, 6) is 0.153. The monoisotopic (exact) mass is 243 g/mol. The molecule has 0 aliphatic heterocycles. The van der Waals surface area contributed by atoms with E-state index in [2.05, 4.69) is 25.1 Å². The zero-order valence-corrected chi connectivity index (χ0v) is 11.2. The van der Waals surface area contributed by atoms with Crippen molar-refractivity contribution in [2.24, 2.45) is 11.7 Å². The number of rotatable bonds is 3. The number of nitrogens with two attached hydrogens (primary N) is 1. The van der Waals surface area contributed by atoms with Gasteiger partial charge in [-0.1, -0.05) is 50.2 Å². The first-order valence-corrected chi connectivity index (χ1v) is 6.44.